The molecule has 1 saturated heterocycles. The third-order valence-electron chi connectivity index (χ3n) is 5.39. The molecule has 122 valence electrons. The molecule has 0 atom stereocenters. The highest BCUT2D eigenvalue weighted by Gasteiger charge is 2.29. The van der Waals surface area contributed by atoms with E-state index in [9.17, 15) is 4.79 Å². The van der Waals surface area contributed by atoms with Crippen molar-refractivity contribution in [3.05, 3.63) is 23.7 Å². The Labute approximate surface area is 137 Å². The largest absolute Gasteiger partial charge is 0.352 e. The summed E-state index contributed by atoms with van der Waals surface area (Å²) >= 11 is 0. The number of anilines is 1. The molecule has 23 heavy (non-hydrogen) atoms. The van der Waals surface area contributed by atoms with E-state index in [1.807, 2.05) is 0 Å². The van der Waals surface area contributed by atoms with Gasteiger partial charge in [-0.2, -0.15) is 0 Å². The molecule has 0 bridgehead atoms. The number of amides is 1. The first kappa shape index (κ1) is 14.7. The predicted octanol–water partition coefficient (Wildman–Crippen LogP) is 2.27. The quantitative estimate of drug-likeness (QED) is 0.840. The molecule has 0 unspecified atom stereocenters. The highest BCUT2D eigenvalue weighted by Crippen LogP contribution is 2.28. The summed E-state index contributed by atoms with van der Waals surface area (Å²) in [4.78, 5) is 25.9. The van der Waals surface area contributed by atoms with Gasteiger partial charge in [-0.05, 0) is 12.8 Å². The topological polar surface area (TPSA) is 49.3 Å². The highest BCUT2D eigenvalue weighted by molar-refractivity contribution is 5.79. The summed E-state index contributed by atoms with van der Waals surface area (Å²) in [6.45, 7) is 3.38. The first-order valence-electron chi connectivity index (χ1n) is 8.87. The van der Waals surface area contributed by atoms with Crippen LogP contribution in [0.15, 0.2) is 12.4 Å². The van der Waals surface area contributed by atoms with Gasteiger partial charge in [0, 0.05) is 44.1 Å². The molecule has 2 aliphatic carbocycles. The normalized spacial score (nSPS) is 21.6. The van der Waals surface area contributed by atoms with Crippen LogP contribution in [0.3, 0.4) is 0 Å². The molecule has 2 fully saturated rings. The molecule has 1 aromatic heterocycles. The number of carbonyl (C=O) groups is 1. The van der Waals surface area contributed by atoms with Crippen LogP contribution in [0.4, 0.5) is 5.82 Å². The van der Waals surface area contributed by atoms with Gasteiger partial charge in [-0.1, -0.05) is 31.4 Å². The molecule has 0 radical (unpaired) electrons. The zero-order valence-electron chi connectivity index (χ0n) is 13.6. The number of carbonyl (C=O) groups excluding carboxylic acids is 1. The molecule has 1 saturated carbocycles. The van der Waals surface area contributed by atoms with Crippen LogP contribution in [0.1, 0.15) is 43.4 Å². The molecule has 5 heteroatoms. The van der Waals surface area contributed by atoms with Crippen LogP contribution in [-0.2, 0) is 11.2 Å². The molecular weight excluding hydrogens is 288 g/mol. The van der Waals surface area contributed by atoms with E-state index >= 15 is 0 Å². The van der Waals surface area contributed by atoms with Crippen molar-refractivity contribution >= 4 is 17.8 Å². The van der Waals surface area contributed by atoms with Crippen molar-refractivity contribution in [2.45, 2.75) is 38.5 Å². The zero-order valence-corrected chi connectivity index (χ0v) is 13.6. The summed E-state index contributed by atoms with van der Waals surface area (Å²) in [6.07, 6.45) is 12.8. The molecule has 3 aliphatic rings. The Morgan fingerprint density at radius 2 is 1.83 bits per heavy atom. The third-order valence-corrected chi connectivity index (χ3v) is 5.39. The standard InChI is InChI=1S/C18H24N4O/c23-18(14-5-2-1-3-6-14)22-11-9-21(10-12-22)17-15-7-4-8-16(15)19-13-20-17/h4,7,13-14H,1-3,5-6,8-12H2. The van der Waals surface area contributed by atoms with Crippen LogP contribution >= 0.6 is 0 Å². The molecule has 0 aromatic carbocycles. The second kappa shape index (κ2) is 6.30. The SMILES string of the molecule is O=C(C1CCCCC1)N1CCN(c2ncnc3c2C=CC3)CC1. The Bertz CT molecular complexity index is 613. The molecule has 1 amide bonds. The van der Waals surface area contributed by atoms with E-state index in [-0.39, 0.29) is 5.92 Å². The summed E-state index contributed by atoms with van der Waals surface area (Å²) in [5, 5.41) is 0. The maximum absolute atomic E-state index is 12.7. The number of piperazine rings is 1. The fraction of sp³-hybridized carbons (Fsp3) is 0.611. The number of hydrogen-bond acceptors (Lipinski definition) is 4. The fourth-order valence-electron chi connectivity index (χ4n) is 4.04. The van der Waals surface area contributed by atoms with Gasteiger partial charge in [-0.3, -0.25) is 4.79 Å². The van der Waals surface area contributed by atoms with Crippen LogP contribution in [0, 0.1) is 5.92 Å². The first-order valence-corrected chi connectivity index (χ1v) is 8.87. The van der Waals surface area contributed by atoms with Crippen molar-refractivity contribution in [1.82, 2.24) is 14.9 Å². The number of allylic oxidation sites excluding steroid dienone is 1. The van der Waals surface area contributed by atoms with Gasteiger partial charge in [0.25, 0.3) is 0 Å². The fourth-order valence-corrected chi connectivity index (χ4v) is 4.04. The Kier molecular flexibility index (Phi) is 4.02. The van der Waals surface area contributed by atoms with Gasteiger partial charge in [0.2, 0.25) is 5.91 Å². The van der Waals surface area contributed by atoms with Crippen LogP contribution in [0.5, 0.6) is 0 Å². The lowest BCUT2D eigenvalue weighted by Crippen LogP contribution is -2.51. The zero-order chi connectivity index (χ0) is 15.6. The van der Waals surface area contributed by atoms with Gasteiger partial charge in [-0.25, -0.2) is 9.97 Å². The number of nitrogens with zero attached hydrogens (tertiary/aromatic N) is 4. The molecule has 1 aromatic rings. The van der Waals surface area contributed by atoms with E-state index in [1.54, 1.807) is 6.33 Å². The lowest BCUT2D eigenvalue weighted by molar-refractivity contribution is -0.136. The maximum atomic E-state index is 12.7. The van der Waals surface area contributed by atoms with Gasteiger partial charge in [0.1, 0.15) is 12.1 Å². The number of fused-ring (bicyclic) bond motifs is 1. The molecular formula is C18H24N4O. The predicted molar refractivity (Wildman–Crippen MR) is 90.1 cm³/mol. The molecule has 2 heterocycles. The first-order chi connectivity index (χ1) is 11.3. The minimum atomic E-state index is 0.279. The molecule has 5 nitrogen and oxygen atoms in total. The average molecular weight is 312 g/mol. The minimum absolute atomic E-state index is 0.279. The monoisotopic (exact) mass is 312 g/mol. The van der Waals surface area contributed by atoms with Crippen LogP contribution < -0.4 is 4.90 Å². The summed E-state index contributed by atoms with van der Waals surface area (Å²) in [5.74, 6) is 1.70. The summed E-state index contributed by atoms with van der Waals surface area (Å²) in [5.41, 5.74) is 2.29. The maximum Gasteiger partial charge on any atom is 0.225 e. The van der Waals surface area contributed by atoms with Gasteiger partial charge in [0.05, 0.1) is 5.69 Å². The molecule has 0 N–H and O–H groups in total. The number of aromatic nitrogens is 2. The third kappa shape index (κ3) is 2.84. The van der Waals surface area contributed by atoms with E-state index in [0.717, 1.165) is 57.0 Å². The second-order valence-electron chi connectivity index (χ2n) is 6.81. The average Bonchev–Trinajstić information content (AvgIpc) is 3.11. The van der Waals surface area contributed by atoms with Gasteiger partial charge in [-0.15, -0.1) is 0 Å². The van der Waals surface area contributed by atoms with Crippen LogP contribution in [0.2, 0.25) is 0 Å². The van der Waals surface area contributed by atoms with E-state index in [4.69, 9.17) is 0 Å². The number of rotatable bonds is 2. The molecule has 1 aliphatic heterocycles. The summed E-state index contributed by atoms with van der Waals surface area (Å²) in [7, 11) is 0. The Morgan fingerprint density at radius 3 is 2.61 bits per heavy atom. The second-order valence-corrected chi connectivity index (χ2v) is 6.81. The van der Waals surface area contributed by atoms with Crippen molar-refractivity contribution in [1.29, 1.82) is 0 Å². The van der Waals surface area contributed by atoms with Crippen LogP contribution in [-0.4, -0.2) is 47.0 Å². The van der Waals surface area contributed by atoms with E-state index < -0.39 is 0 Å². The highest BCUT2D eigenvalue weighted by atomic mass is 16.2. The number of hydrogen-bond donors (Lipinski definition) is 0. The lowest BCUT2D eigenvalue weighted by Gasteiger charge is -2.38. The van der Waals surface area contributed by atoms with Crippen LogP contribution in [0.25, 0.3) is 6.08 Å². The van der Waals surface area contributed by atoms with Gasteiger partial charge < -0.3 is 9.80 Å². The van der Waals surface area contributed by atoms with Gasteiger partial charge >= 0.3 is 0 Å². The van der Waals surface area contributed by atoms with E-state index in [2.05, 4.69) is 31.9 Å². The Hall–Kier alpha value is -1.91. The van der Waals surface area contributed by atoms with Crippen molar-refractivity contribution in [3.8, 4) is 0 Å². The minimum Gasteiger partial charge on any atom is -0.352 e. The Morgan fingerprint density at radius 1 is 1.04 bits per heavy atom. The van der Waals surface area contributed by atoms with Crippen molar-refractivity contribution in [3.63, 3.8) is 0 Å². The van der Waals surface area contributed by atoms with E-state index in [0.29, 0.717) is 5.91 Å². The molecule has 0 spiro atoms. The van der Waals surface area contributed by atoms with Gasteiger partial charge in [0.15, 0.2) is 0 Å². The summed E-state index contributed by atoms with van der Waals surface area (Å²) in [6, 6.07) is 0. The Balaban J connectivity index is 1.40. The van der Waals surface area contributed by atoms with Crippen molar-refractivity contribution in [2.75, 3.05) is 31.1 Å². The summed E-state index contributed by atoms with van der Waals surface area (Å²) < 4.78 is 0. The van der Waals surface area contributed by atoms with Crippen molar-refractivity contribution < 1.29 is 4.79 Å². The van der Waals surface area contributed by atoms with Crippen molar-refractivity contribution in [2.24, 2.45) is 5.92 Å². The lowest BCUT2D eigenvalue weighted by atomic mass is 9.88. The molecule has 4 rings (SSSR count). The smallest absolute Gasteiger partial charge is 0.225 e. The van der Waals surface area contributed by atoms with E-state index in [1.165, 1.54) is 24.8 Å².